The van der Waals surface area contributed by atoms with Crippen molar-refractivity contribution in [1.29, 1.82) is 0 Å². The van der Waals surface area contributed by atoms with E-state index in [2.05, 4.69) is 4.98 Å². The number of hydrogen-bond acceptors (Lipinski definition) is 2. The van der Waals surface area contributed by atoms with Crippen LogP contribution in [0.4, 0.5) is 0 Å². The van der Waals surface area contributed by atoms with E-state index in [-0.39, 0.29) is 0 Å². The Morgan fingerprint density at radius 1 is 1.54 bits per heavy atom. The van der Waals surface area contributed by atoms with Crippen molar-refractivity contribution in [2.24, 2.45) is 5.92 Å². The largest absolute Gasteiger partial charge is 0.385 e. The topological polar surface area (TPSA) is 33.1 Å². The number of hydrogen-bond donors (Lipinski definition) is 1. The molecule has 0 saturated heterocycles. The van der Waals surface area contributed by atoms with Gasteiger partial charge in [0, 0.05) is 18.0 Å². The highest BCUT2D eigenvalue weighted by molar-refractivity contribution is 5.18. The molecule has 0 radical (unpaired) electrons. The van der Waals surface area contributed by atoms with E-state index in [1.165, 1.54) is 6.42 Å². The van der Waals surface area contributed by atoms with Gasteiger partial charge in [-0.2, -0.15) is 0 Å². The van der Waals surface area contributed by atoms with Gasteiger partial charge in [-0.25, -0.2) is 0 Å². The van der Waals surface area contributed by atoms with E-state index in [0.29, 0.717) is 5.92 Å². The predicted molar refractivity (Wildman–Crippen MR) is 51.1 cm³/mol. The van der Waals surface area contributed by atoms with Crippen molar-refractivity contribution in [3.8, 4) is 0 Å². The first kappa shape index (κ1) is 8.70. The van der Waals surface area contributed by atoms with E-state index in [4.69, 9.17) is 0 Å². The molecule has 13 heavy (non-hydrogen) atoms. The van der Waals surface area contributed by atoms with Crippen molar-refractivity contribution < 1.29 is 5.11 Å². The summed E-state index contributed by atoms with van der Waals surface area (Å²) in [6, 6.07) is 3.83. The van der Waals surface area contributed by atoms with Crippen LogP contribution >= 0.6 is 0 Å². The van der Waals surface area contributed by atoms with Gasteiger partial charge in [0.05, 0.1) is 5.60 Å². The lowest BCUT2D eigenvalue weighted by Gasteiger charge is -2.39. The third-order valence-corrected chi connectivity index (χ3v) is 3.15. The molecule has 1 aromatic rings. The number of aromatic nitrogens is 1. The third kappa shape index (κ3) is 1.46. The Hall–Kier alpha value is -0.890. The van der Waals surface area contributed by atoms with Gasteiger partial charge in [-0.15, -0.1) is 0 Å². The molecule has 1 N–H and O–H groups in total. The minimum Gasteiger partial charge on any atom is -0.385 e. The molecule has 1 unspecified atom stereocenters. The lowest BCUT2D eigenvalue weighted by atomic mass is 9.71. The average molecular weight is 177 g/mol. The number of nitrogens with zero attached hydrogens (tertiary/aromatic N) is 1. The number of rotatable bonds is 2. The maximum absolute atomic E-state index is 10.3. The molecule has 1 atom stereocenters. The smallest absolute Gasteiger partial charge is 0.0911 e. The first-order valence-electron chi connectivity index (χ1n) is 4.84. The predicted octanol–water partition coefficient (Wildman–Crippen LogP) is 2.09. The Morgan fingerprint density at radius 3 is 2.77 bits per heavy atom. The van der Waals surface area contributed by atoms with E-state index in [1.54, 1.807) is 12.4 Å². The van der Waals surface area contributed by atoms with Gasteiger partial charge in [0.25, 0.3) is 0 Å². The molecule has 2 heteroatoms. The van der Waals surface area contributed by atoms with Crippen LogP contribution in [-0.4, -0.2) is 10.1 Å². The summed E-state index contributed by atoms with van der Waals surface area (Å²) in [6.07, 6.45) is 7.03. The van der Waals surface area contributed by atoms with Gasteiger partial charge in [-0.1, -0.05) is 12.5 Å². The quantitative estimate of drug-likeness (QED) is 0.750. The van der Waals surface area contributed by atoms with E-state index in [1.807, 2.05) is 19.1 Å². The van der Waals surface area contributed by atoms with E-state index in [0.717, 1.165) is 18.4 Å². The molecule has 2 rings (SSSR count). The molecule has 1 aliphatic carbocycles. The van der Waals surface area contributed by atoms with Crippen LogP contribution in [0.15, 0.2) is 24.5 Å². The van der Waals surface area contributed by atoms with Crippen LogP contribution < -0.4 is 0 Å². The molecule has 2 nitrogen and oxygen atoms in total. The molecule has 1 aliphatic rings. The summed E-state index contributed by atoms with van der Waals surface area (Å²) in [4.78, 5) is 4.03. The molecule has 1 aromatic heterocycles. The summed E-state index contributed by atoms with van der Waals surface area (Å²) in [5.41, 5.74) is 0.270. The molecule has 0 aromatic carbocycles. The lowest BCUT2D eigenvalue weighted by Crippen LogP contribution is -2.36. The summed E-state index contributed by atoms with van der Waals surface area (Å²) in [5.74, 6) is 0.428. The Bertz CT molecular complexity index is 277. The zero-order chi connectivity index (χ0) is 9.31. The van der Waals surface area contributed by atoms with Crippen molar-refractivity contribution in [2.75, 3.05) is 0 Å². The second-order valence-electron chi connectivity index (χ2n) is 4.02. The van der Waals surface area contributed by atoms with Crippen LogP contribution in [0.5, 0.6) is 0 Å². The van der Waals surface area contributed by atoms with Crippen LogP contribution in [0.1, 0.15) is 31.7 Å². The summed E-state index contributed by atoms with van der Waals surface area (Å²) in [6.45, 7) is 1.90. The summed E-state index contributed by atoms with van der Waals surface area (Å²) >= 11 is 0. The average Bonchev–Trinajstić information content (AvgIpc) is 2.02. The zero-order valence-electron chi connectivity index (χ0n) is 7.90. The zero-order valence-corrected chi connectivity index (χ0v) is 7.90. The standard InChI is InChI=1S/C11H15NO/c1-11(13,9-4-2-5-9)10-6-3-7-12-8-10/h3,6-9,13H,2,4-5H2,1H3. The second kappa shape index (κ2) is 3.11. The van der Waals surface area contributed by atoms with Crippen molar-refractivity contribution in [3.63, 3.8) is 0 Å². The molecule has 0 aliphatic heterocycles. The normalized spacial score (nSPS) is 22.0. The van der Waals surface area contributed by atoms with Gasteiger partial charge in [0.15, 0.2) is 0 Å². The fourth-order valence-corrected chi connectivity index (χ4v) is 1.87. The summed E-state index contributed by atoms with van der Waals surface area (Å²) in [7, 11) is 0. The highest BCUT2D eigenvalue weighted by Crippen LogP contribution is 2.41. The van der Waals surface area contributed by atoms with Gasteiger partial charge >= 0.3 is 0 Å². The number of pyridine rings is 1. The lowest BCUT2D eigenvalue weighted by molar-refractivity contribution is -0.0401. The fraction of sp³-hybridized carbons (Fsp3) is 0.545. The van der Waals surface area contributed by atoms with Crippen molar-refractivity contribution in [1.82, 2.24) is 4.98 Å². The Morgan fingerprint density at radius 2 is 2.31 bits per heavy atom. The summed E-state index contributed by atoms with van der Waals surface area (Å²) < 4.78 is 0. The maximum atomic E-state index is 10.3. The molecule has 1 heterocycles. The Balaban J connectivity index is 2.23. The molecule has 0 amide bonds. The minimum absolute atomic E-state index is 0.428. The first-order valence-corrected chi connectivity index (χ1v) is 4.84. The van der Waals surface area contributed by atoms with Gasteiger partial charge in [0.2, 0.25) is 0 Å². The summed E-state index contributed by atoms with van der Waals surface area (Å²) in [5, 5.41) is 10.3. The Labute approximate surface area is 78.6 Å². The van der Waals surface area contributed by atoms with Gasteiger partial charge in [0.1, 0.15) is 0 Å². The third-order valence-electron chi connectivity index (χ3n) is 3.15. The van der Waals surface area contributed by atoms with Crippen LogP contribution in [0.3, 0.4) is 0 Å². The SMILES string of the molecule is CC(O)(c1cccnc1)C1CCC1. The first-order chi connectivity index (χ1) is 6.21. The molecule has 1 saturated carbocycles. The van der Waals surface area contributed by atoms with Crippen molar-refractivity contribution >= 4 is 0 Å². The molecule has 0 spiro atoms. The van der Waals surface area contributed by atoms with E-state index < -0.39 is 5.60 Å². The number of aliphatic hydroxyl groups is 1. The minimum atomic E-state index is -0.674. The Kier molecular flexibility index (Phi) is 2.08. The fourth-order valence-electron chi connectivity index (χ4n) is 1.87. The molecular weight excluding hydrogens is 162 g/mol. The van der Waals surface area contributed by atoms with E-state index in [9.17, 15) is 5.11 Å². The van der Waals surface area contributed by atoms with Gasteiger partial charge in [-0.05, 0) is 31.7 Å². The monoisotopic (exact) mass is 177 g/mol. The highest BCUT2D eigenvalue weighted by atomic mass is 16.3. The van der Waals surface area contributed by atoms with Crippen LogP contribution in [0, 0.1) is 5.92 Å². The van der Waals surface area contributed by atoms with Crippen molar-refractivity contribution in [2.45, 2.75) is 31.8 Å². The van der Waals surface area contributed by atoms with Crippen LogP contribution in [-0.2, 0) is 5.60 Å². The van der Waals surface area contributed by atoms with Gasteiger partial charge < -0.3 is 5.11 Å². The molecule has 0 bridgehead atoms. The maximum Gasteiger partial charge on any atom is 0.0911 e. The molecule has 70 valence electrons. The van der Waals surface area contributed by atoms with Crippen LogP contribution in [0.2, 0.25) is 0 Å². The molecule has 1 fully saturated rings. The van der Waals surface area contributed by atoms with E-state index >= 15 is 0 Å². The van der Waals surface area contributed by atoms with Crippen LogP contribution in [0.25, 0.3) is 0 Å². The highest BCUT2D eigenvalue weighted by Gasteiger charge is 2.37. The van der Waals surface area contributed by atoms with Crippen molar-refractivity contribution in [3.05, 3.63) is 30.1 Å². The van der Waals surface area contributed by atoms with Gasteiger partial charge in [-0.3, -0.25) is 4.98 Å². The molecular formula is C11H15NO. The second-order valence-corrected chi connectivity index (χ2v) is 4.02.